The Balaban J connectivity index is 0.00000441. The fourth-order valence-electron chi connectivity index (χ4n) is 2.31. The molecule has 124 valence electrons. The topological polar surface area (TPSA) is 40.5 Å². The number of hydrogen-bond acceptors (Lipinski definition) is 2. The third-order valence-electron chi connectivity index (χ3n) is 3.55. The monoisotopic (exact) mass is 304 g/mol. The summed E-state index contributed by atoms with van der Waals surface area (Å²) in [6, 6.07) is 3.54. The van der Waals surface area contributed by atoms with Crippen molar-refractivity contribution >= 4 is 0 Å². The molecule has 0 saturated carbocycles. The van der Waals surface area contributed by atoms with Crippen LogP contribution in [0.5, 0.6) is 11.5 Å². The highest BCUT2D eigenvalue weighted by atomic mass is 16.3. The molecule has 0 aliphatic carbocycles. The zero-order chi connectivity index (χ0) is 15.8. The van der Waals surface area contributed by atoms with E-state index in [4.69, 9.17) is 0 Å². The fourth-order valence-corrected chi connectivity index (χ4v) is 2.31. The van der Waals surface area contributed by atoms with E-state index >= 15 is 0 Å². The van der Waals surface area contributed by atoms with Gasteiger partial charge in [0.15, 0.2) is 0 Å². The standard InChI is InChI=1S/C19H28O2.CH4/c1-5-7-16-12-18(20)17(19(21)13-16)11-10-15(4)9-6-8-14(2)3;/h8,10,12-13,20-21H,5-7,9,11H2,1-4H3;1H4/b15-10+;. The van der Waals surface area contributed by atoms with Gasteiger partial charge in [-0.1, -0.05) is 44.1 Å². The van der Waals surface area contributed by atoms with Gasteiger partial charge in [0.1, 0.15) is 11.5 Å². The minimum atomic E-state index is 0. The lowest BCUT2D eigenvalue weighted by Gasteiger charge is -2.09. The molecule has 0 aliphatic heterocycles. The molecule has 0 aliphatic rings. The molecule has 2 N–H and O–H groups in total. The van der Waals surface area contributed by atoms with E-state index in [0.29, 0.717) is 12.0 Å². The third kappa shape index (κ3) is 6.84. The number of benzene rings is 1. The highest BCUT2D eigenvalue weighted by Crippen LogP contribution is 2.30. The molecule has 2 heteroatoms. The fraction of sp³-hybridized carbons (Fsp3) is 0.500. The molecule has 1 rings (SSSR count). The van der Waals surface area contributed by atoms with Crippen LogP contribution in [-0.4, -0.2) is 10.2 Å². The van der Waals surface area contributed by atoms with Gasteiger partial charge >= 0.3 is 0 Å². The Labute approximate surface area is 136 Å². The number of phenols is 2. The lowest BCUT2D eigenvalue weighted by Crippen LogP contribution is -1.90. The van der Waals surface area contributed by atoms with Crippen molar-refractivity contribution in [1.29, 1.82) is 0 Å². The first kappa shape index (κ1) is 20.3. The van der Waals surface area contributed by atoms with Gasteiger partial charge in [-0.3, -0.25) is 0 Å². The Morgan fingerprint density at radius 3 is 2.14 bits per heavy atom. The molecular formula is C20H32O2. The van der Waals surface area contributed by atoms with Crippen molar-refractivity contribution in [1.82, 2.24) is 0 Å². The lowest BCUT2D eigenvalue weighted by molar-refractivity contribution is 0.439. The number of aromatic hydroxyl groups is 2. The first-order valence-electron chi connectivity index (χ1n) is 7.76. The molecule has 0 amide bonds. The number of aryl methyl sites for hydroxylation is 1. The quantitative estimate of drug-likeness (QED) is 0.614. The minimum absolute atomic E-state index is 0. The number of allylic oxidation sites excluding steroid dienone is 4. The summed E-state index contributed by atoms with van der Waals surface area (Å²) in [6.07, 6.45) is 8.82. The van der Waals surface area contributed by atoms with E-state index in [0.717, 1.165) is 31.2 Å². The van der Waals surface area contributed by atoms with Gasteiger partial charge in [-0.2, -0.15) is 0 Å². The SMILES string of the molecule is C.CCCc1cc(O)c(C/C=C(\C)CCC=C(C)C)c(O)c1. The van der Waals surface area contributed by atoms with Gasteiger partial charge in [0.2, 0.25) is 0 Å². The van der Waals surface area contributed by atoms with Crippen LogP contribution < -0.4 is 0 Å². The summed E-state index contributed by atoms with van der Waals surface area (Å²) in [5.74, 6) is 0.401. The van der Waals surface area contributed by atoms with Crippen LogP contribution in [0, 0.1) is 0 Å². The van der Waals surface area contributed by atoms with Crippen LogP contribution in [0.4, 0.5) is 0 Å². The van der Waals surface area contributed by atoms with E-state index < -0.39 is 0 Å². The zero-order valence-corrected chi connectivity index (χ0v) is 13.7. The summed E-state index contributed by atoms with van der Waals surface area (Å²) in [5, 5.41) is 20.1. The lowest BCUT2D eigenvalue weighted by atomic mass is 10.0. The predicted octanol–water partition coefficient (Wildman–Crippen LogP) is 5.92. The van der Waals surface area contributed by atoms with Crippen LogP contribution in [0.1, 0.15) is 65.5 Å². The molecule has 2 nitrogen and oxygen atoms in total. The molecule has 0 radical (unpaired) electrons. The molecular weight excluding hydrogens is 272 g/mol. The molecule has 22 heavy (non-hydrogen) atoms. The molecule has 0 heterocycles. The summed E-state index contributed by atoms with van der Waals surface area (Å²) < 4.78 is 0. The summed E-state index contributed by atoms with van der Waals surface area (Å²) in [4.78, 5) is 0. The van der Waals surface area contributed by atoms with E-state index in [-0.39, 0.29) is 18.9 Å². The largest absolute Gasteiger partial charge is 0.508 e. The zero-order valence-electron chi connectivity index (χ0n) is 13.7. The van der Waals surface area contributed by atoms with Crippen molar-refractivity contribution in [3.8, 4) is 11.5 Å². The van der Waals surface area contributed by atoms with Crippen LogP contribution in [0.3, 0.4) is 0 Å². The van der Waals surface area contributed by atoms with Gasteiger partial charge in [-0.25, -0.2) is 0 Å². The number of phenolic OH excluding ortho intramolecular Hbond substituents is 2. The van der Waals surface area contributed by atoms with Crippen LogP contribution in [0.2, 0.25) is 0 Å². The Bertz CT molecular complexity index is 498. The molecule has 0 aromatic heterocycles. The third-order valence-corrected chi connectivity index (χ3v) is 3.55. The molecule has 0 unspecified atom stereocenters. The van der Waals surface area contributed by atoms with Crippen molar-refractivity contribution in [2.24, 2.45) is 0 Å². The summed E-state index contributed by atoms with van der Waals surface area (Å²) in [7, 11) is 0. The Morgan fingerprint density at radius 1 is 1.05 bits per heavy atom. The molecule has 0 bridgehead atoms. The van der Waals surface area contributed by atoms with E-state index in [1.165, 1.54) is 11.1 Å². The molecule has 0 fully saturated rings. The van der Waals surface area contributed by atoms with Crippen molar-refractivity contribution in [3.63, 3.8) is 0 Å². The van der Waals surface area contributed by atoms with Crippen LogP contribution in [0.15, 0.2) is 35.4 Å². The van der Waals surface area contributed by atoms with Gasteiger partial charge < -0.3 is 10.2 Å². The summed E-state index contributed by atoms with van der Waals surface area (Å²) >= 11 is 0. The second-order valence-electron chi connectivity index (χ2n) is 5.94. The van der Waals surface area contributed by atoms with Crippen LogP contribution in [0.25, 0.3) is 0 Å². The predicted molar refractivity (Wildman–Crippen MR) is 96.6 cm³/mol. The van der Waals surface area contributed by atoms with Crippen molar-refractivity contribution < 1.29 is 10.2 Å². The first-order valence-corrected chi connectivity index (χ1v) is 7.76. The minimum Gasteiger partial charge on any atom is -0.508 e. The number of hydrogen-bond donors (Lipinski definition) is 2. The van der Waals surface area contributed by atoms with E-state index in [9.17, 15) is 10.2 Å². The highest BCUT2D eigenvalue weighted by Gasteiger charge is 2.08. The molecule has 1 aromatic rings. The van der Waals surface area contributed by atoms with Gasteiger partial charge in [-0.05, 0) is 64.2 Å². The van der Waals surface area contributed by atoms with E-state index in [1.54, 1.807) is 12.1 Å². The maximum atomic E-state index is 10.1. The van der Waals surface area contributed by atoms with Gasteiger partial charge in [-0.15, -0.1) is 0 Å². The van der Waals surface area contributed by atoms with Gasteiger partial charge in [0.05, 0.1) is 0 Å². The first-order chi connectivity index (χ1) is 9.93. The Hall–Kier alpha value is -1.70. The summed E-state index contributed by atoms with van der Waals surface area (Å²) in [6.45, 7) is 8.39. The van der Waals surface area contributed by atoms with Crippen molar-refractivity contribution in [2.45, 2.75) is 67.2 Å². The summed E-state index contributed by atoms with van der Waals surface area (Å²) in [5.41, 5.74) is 4.23. The maximum Gasteiger partial charge on any atom is 0.123 e. The van der Waals surface area contributed by atoms with Gasteiger partial charge in [0.25, 0.3) is 0 Å². The average Bonchev–Trinajstić information content (AvgIpc) is 2.37. The highest BCUT2D eigenvalue weighted by molar-refractivity contribution is 5.47. The molecule has 0 spiro atoms. The number of rotatable bonds is 7. The van der Waals surface area contributed by atoms with Crippen molar-refractivity contribution in [3.05, 3.63) is 46.6 Å². The van der Waals surface area contributed by atoms with Crippen molar-refractivity contribution in [2.75, 3.05) is 0 Å². The van der Waals surface area contributed by atoms with E-state index in [2.05, 4.69) is 39.8 Å². The van der Waals surface area contributed by atoms with Crippen LogP contribution in [-0.2, 0) is 12.8 Å². The molecule has 0 saturated heterocycles. The molecule has 0 atom stereocenters. The van der Waals surface area contributed by atoms with Crippen LogP contribution >= 0.6 is 0 Å². The second kappa shape index (κ2) is 10.1. The molecule has 1 aromatic carbocycles. The second-order valence-corrected chi connectivity index (χ2v) is 5.94. The Morgan fingerprint density at radius 2 is 1.64 bits per heavy atom. The average molecular weight is 304 g/mol. The Kier molecular flexibility index (Phi) is 9.32. The smallest absolute Gasteiger partial charge is 0.123 e. The van der Waals surface area contributed by atoms with Gasteiger partial charge in [0, 0.05) is 5.56 Å². The van der Waals surface area contributed by atoms with E-state index in [1.807, 2.05) is 0 Å². The maximum absolute atomic E-state index is 10.1. The normalized spacial score (nSPS) is 11.0.